The highest BCUT2D eigenvalue weighted by Crippen LogP contribution is 1.99. The fourth-order valence-corrected chi connectivity index (χ4v) is 1.99. The van der Waals surface area contributed by atoms with Gasteiger partial charge in [-0.05, 0) is 33.6 Å². The van der Waals surface area contributed by atoms with Crippen molar-refractivity contribution >= 4 is 22.8 Å². The summed E-state index contributed by atoms with van der Waals surface area (Å²) in [6.07, 6.45) is 1.92. The normalized spacial score (nSPS) is 11.9. The van der Waals surface area contributed by atoms with Crippen molar-refractivity contribution in [1.29, 1.82) is 5.41 Å². The van der Waals surface area contributed by atoms with Gasteiger partial charge in [0.05, 0.1) is 17.1 Å². The van der Waals surface area contributed by atoms with Gasteiger partial charge in [0, 0.05) is 5.92 Å². The zero-order valence-corrected chi connectivity index (χ0v) is 20.3. The third-order valence-electron chi connectivity index (χ3n) is 3.44. The summed E-state index contributed by atoms with van der Waals surface area (Å²) in [5.41, 5.74) is 4.91. The molecule has 0 radical (unpaired) electrons. The first kappa shape index (κ1) is 31.3. The van der Waals surface area contributed by atoms with E-state index in [1.807, 2.05) is 62.3 Å². The third-order valence-corrected chi connectivity index (χ3v) is 3.44. The monoisotopic (exact) mass is 410 g/mol. The molecule has 1 aliphatic heterocycles. The van der Waals surface area contributed by atoms with Gasteiger partial charge in [0.15, 0.2) is 0 Å². The van der Waals surface area contributed by atoms with Crippen LogP contribution in [0.1, 0.15) is 87.0 Å². The van der Waals surface area contributed by atoms with Crippen LogP contribution >= 0.6 is 0 Å². The molecule has 1 aromatic heterocycles. The largest absolute Gasteiger partial charge is 0.411 e. The molecular formula is C21H42N6O2. The van der Waals surface area contributed by atoms with Crippen molar-refractivity contribution in [2.75, 3.05) is 6.67 Å². The van der Waals surface area contributed by atoms with Gasteiger partial charge in [-0.15, -0.1) is 0 Å². The molecule has 168 valence electrons. The van der Waals surface area contributed by atoms with Gasteiger partial charge in [-0.3, -0.25) is 9.98 Å². The van der Waals surface area contributed by atoms with Crippen LogP contribution in [0.25, 0.3) is 0 Å². The van der Waals surface area contributed by atoms with Crippen LogP contribution in [0.4, 0.5) is 0 Å². The fraction of sp³-hybridized carbons (Fsp3) is 0.714. The first-order valence-electron chi connectivity index (χ1n) is 10.4. The lowest BCUT2D eigenvalue weighted by molar-refractivity contribution is 0.301. The van der Waals surface area contributed by atoms with Gasteiger partial charge >= 0.3 is 0 Å². The van der Waals surface area contributed by atoms with Gasteiger partial charge in [0.2, 0.25) is 0 Å². The molecule has 0 bridgehead atoms. The molecule has 0 spiro atoms. The highest BCUT2D eigenvalue weighted by atomic mass is 16.6. The minimum absolute atomic E-state index is 0.132. The molecule has 0 atom stereocenters. The Morgan fingerprint density at radius 1 is 1.07 bits per heavy atom. The van der Waals surface area contributed by atoms with Gasteiger partial charge in [0.25, 0.3) is 0 Å². The Morgan fingerprint density at radius 3 is 1.76 bits per heavy atom. The van der Waals surface area contributed by atoms with Crippen LogP contribution in [0.15, 0.2) is 19.8 Å². The third kappa shape index (κ3) is 14.3. The average molecular weight is 411 g/mol. The van der Waals surface area contributed by atoms with E-state index < -0.39 is 0 Å². The van der Waals surface area contributed by atoms with Gasteiger partial charge in [-0.1, -0.05) is 70.9 Å². The lowest BCUT2D eigenvalue weighted by atomic mass is 10.1. The second-order valence-corrected chi connectivity index (χ2v) is 5.76. The van der Waals surface area contributed by atoms with Gasteiger partial charge in [-0.25, -0.2) is 4.63 Å². The molecule has 0 fully saturated rings. The van der Waals surface area contributed by atoms with E-state index in [1.165, 1.54) is 5.71 Å². The maximum Gasteiger partial charge on any atom is 0.130 e. The molecule has 0 saturated carbocycles. The highest BCUT2D eigenvalue weighted by molar-refractivity contribution is 6.42. The predicted molar refractivity (Wildman–Crippen MR) is 124 cm³/mol. The van der Waals surface area contributed by atoms with E-state index in [4.69, 9.17) is 10.6 Å². The molecule has 2 N–H and O–H groups in total. The lowest BCUT2D eigenvalue weighted by Gasteiger charge is -2.03. The number of rotatable bonds is 4. The number of aliphatic imine (C=N–C) groups is 2. The fourth-order valence-electron chi connectivity index (χ4n) is 1.99. The molecule has 1 aromatic rings. The molecule has 0 amide bonds. The second kappa shape index (κ2) is 20.4. The Kier molecular flexibility index (Phi) is 22.0. The Labute approximate surface area is 177 Å². The number of hydrogen-bond acceptors (Lipinski definition) is 8. The van der Waals surface area contributed by atoms with Crippen LogP contribution in [0, 0.1) is 18.3 Å². The van der Waals surface area contributed by atoms with E-state index in [1.54, 1.807) is 6.92 Å². The first-order valence-corrected chi connectivity index (χ1v) is 10.4. The van der Waals surface area contributed by atoms with Gasteiger partial charge in [-0.2, -0.15) is 0 Å². The van der Waals surface area contributed by atoms with E-state index in [0.717, 1.165) is 29.9 Å². The molecule has 29 heavy (non-hydrogen) atoms. The Hall–Kier alpha value is -2.38. The number of aromatic nitrogens is 2. The minimum atomic E-state index is 0.132. The molecule has 0 saturated heterocycles. The quantitative estimate of drug-likeness (QED) is 0.371. The van der Waals surface area contributed by atoms with E-state index in [0.29, 0.717) is 18.1 Å². The molecule has 2 heterocycles. The van der Waals surface area contributed by atoms with E-state index in [-0.39, 0.29) is 5.92 Å². The predicted octanol–water partition coefficient (Wildman–Crippen LogP) is 5.77. The minimum Gasteiger partial charge on any atom is -0.411 e. The molecular weight excluding hydrogens is 368 g/mol. The summed E-state index contributed by atoms with van der Waals surface area (Å²) >= 11 is 0. The van der Waals surface area contributed by atoms with Crippen LogP contribution in [0.3, 0.4) is 0 Å². The summed E-state index contributed by atoms with van der Waals surface area (Å²) in [5.74, 6) is 0.132. The van der Waals surface area contributed by atoms with E-state index in [9.17, 15) is 0 Å². The summed E-state index contributed by atoms with van der Waals surface area (Å²) in [6, 6.07) is 0. The van der Waals surface area contributed by atoms with Crippen LogP contribution in [0.5, 0.6) is 0 Å². The second-order valence-electron chi connectivity index (χ2n) is 5.76. The molecule has 1 aliphatic rings. The summed E-state index contributed by atoms with van der Waals surface area (Å²) in [7, 11) is 0. The summed E-state index contributed by atoms with van der Waals surface area (Å²) in [4.78, 5) is 8.25. The van der Waals surface area contributed by atoms with Gasteiger partial charge < -0.3 is 10.6 Å². The van der Waals surface area contributed by atoms with Crippen molar-refractivity contribution in [2.24, 2.45) is 21.1 Å². The average Bonchev–Trinajstić information content (AvgIpc) is 3.33. The number of oxime groups is 1. The van der Waals surface area contributed by atoms with E-state index >= 15 is 0 Å². The van der Waals surface area contributed by atoms with Crippen molar-refractivity contribution in [3.8, 4) is 0 Å². The number of aryl methyl sites for hydroxylation is 2. The number of nitrogens with zero attached hydrogens (tertiary/aromatic N) is 5. The maximum atomic E-state index is 8.31. The van der Waals surface area contributed by atoms with Crippen LogP contribution in [-0.4, -0.2) is 45.0 Å². The zero-order chi connectivity index (χ0) is 23.4. The number of hydrogen-bond donors (Lipinski definition) is 2. The van der Waals surface area contributed by atoms with Gasteiger partial charge in [0.1, 0.15) is 23.8 Å². The zero-order valence-electron chi connectivity index (χ0n) is 20.3. The smallest absolute Gasteiger partial charge is 0.130 e. The highest BCUT2D eigenvalue weighted by Gasteiger charge is 2.06. The first-order chi connectivity index (χ1) is 13.8. The maximum absolute atomic E-state index is 8.31. The van der Waals surface area contributed by atoms with Crippen LogP contribution < -0.4 is 0 Å². The lowest BCUT2D eigenvalue weighted by Crippen LogP contribution is -2.15. The molecule has 0 unspecified atom stereocenters. The molecule has 8 nitrogen and oxygen atoms in total. The summed E-state index contributed by atoms with van der Waals surface area (Å²) < 4.78 is 4.44. The molecule has 0 aliphatic carbocycles. The van der Waals surface area contributed by atoms with Crippen LogP contribution in [-0.2, 0) is 6.42 Å². The Morgan fingerprint density at radius 2 is 1.62 bits per heavy atom. The summed E-state index contributed by atoms with van der Waals surface area (Å²) in [5, 5.41) is 25.6. The summed E-state index contributed by atoms with van der Waals surface area (Å²) in [6.45, 7) is 22.0. The molecule has 2 rings (SSSR count). The van der Waals surface area contributed by atoms with Crippen LogP contribution in [0.2, 0.25) is 0 Å². The Balaban J connectivity index is -0.000000321. The standard InChI is InChI=1S/C6H12N2O.C6H10N2.C5H8N2O.2C2H6/c1-4(2)6(8-9)5(3)7;1-3-6-5(2)7-4-8-6;1-3-5-4(2)6-8-7-5;2*1-2/h4,7,9H,1-3H3;3-4H2,1-2H3;3H2,1-2H3;2*1-2H3/b7-5?,8-6-;;;;. The van der Waals surface area contributed by atoms with Crippen molar-refractivity contribution in [2.45, 2.75) is 89.0 Å². The van der Waals surface area contributed by atoms with E-state index in [2.05, 4.69) is 37.0 Å². The Bertz CT molecular complexity index is 631. The topological polar surface area (TPSA) is 120 Å². The van der Waals surface area contributed by atoms with Crippen molar-refractivity contribution in [3.05, 3.63) is 11.4 Å². The van der Waals surface area contributed by atoms with Crippen molar-refractivity contribution in [1.82, 2.24) is 10.3 Å². The van der Waals surface area contributed by atoms with Crippen molar-refractivity contribution < 1.29 is 9.84 Å². The number of nitrogens with one attached hydrogen (secondary N) is 1. The van der Waals surface area contributed by atoms with Crippen molar-refractivity contribution in [3.63, 3.8) is 0 Å². The molecule has 8 heteroatoms. The SMILES string of the molecule is CC.CC.CC(=N)/C(=N\O)C(C)C.CCC1=NCN=C1C.CCc1nonc1C. The molecule has 0 aromatic carbocycles.